The molecule has 0 aliphatic carbocycles. The van der Waals surface area contributed by atoms with Crippen molar-refractivity contribution >= 4 is 34.0 Å². The first-order chi connectivity index (χ1) is 11.8. The van der Waals surface area contributed by atoms with E-state index in [-0.39, 0.29) is 11.3 Å². The molecule has 3 aromatic rings. The average Bonchev–Trinajstić information content (AvgIpc) is 2.55. The van der Waals surface area contributed by atoms with E-state index in [0.717, 1.165) is 22.0 Å². The van der Waals surface area contributed by atoms with Crippen LogP contribution in [0.1, 0.15) is 42.3 Å². The van der Waals surface area contributed by atoms with Gasteiger partial charge in [0, 0.05) is 27.0 Å². The average molecular weight is 352 g/mol. The summed E-state index contributed by atoms with van der Waals surface area (Å²) >= 11 is 6.26. The van der Waals surface area contributed by atoms with E-state index in [0.29, 0.717) is 10.6 Å². The summed E-state index contributed by atoms with van der Waals surface area (Å²) in [6.45, 7) is 8.48. The highest BCUT2D eigenvalue weighted by Gasteiger charge is 2.17. The predicted molar refractivity (Wildman–Crippen MR) is 107 cm³/mol. The van der Waals surface area contributed by atoms with Gasteiger partial charge in [-0.3, -0.25) is 4.79 Å². The molecule has 0 aliphatic heterocycles. The number of hydrogen-bond donors (Lipinski definition) is 1. The zero-order valence-corrected chi connectivity index (χ0v) is 15.7. The molecule has 0 aliphatic rings. The smallest absolute Gasteiger partial charge is 0.255 e. The fraction of sp³-hybridized carbons (Fsp3) is 0.227. The van der Waals surface area contributed by atoms with Gasteiger partial charge in [0.05, 0.1) is 0 Å². The molecule has 0 saturated carbocycles. The Morgan fingerprint density at radius 1 is 0.960 bits per heavy atom. The summed E-state index contributed by atoms with van der Waals surface area (Å²) in [5.74, 6) is -0.106. The molecule has 1 amide bonds. The van der Waals surface area contributed by atoms with Crippen LogP contribution in [0, 0.1) is 6.92 Å². The molecule has 128 valence electrons. The second-order valence-electron chi connectivity index (χ2n) is 7.37. The van der Waals surface area contributed by atoms with Crippen molar-refractivity contribution in [2.45, 2.75) is 33.1 Å². The summed E-state index contributed by atoms with van der Waals surface area (Å²) in [6, 6.07) is 17.5. The van der Waals surface area contributed by atoms with Gasteiger partial charge in [-0.1, -0.05) is 68.8 Å². The largest absolute Gasteiger partial charge is 0.321 e. The summed E-state index contributed by atoms with van der Waals surface area (Å²) in [5, 5.41) is 5.58. The minimum absolute atomic E-state index is 0.0617. The van der Waals surface area contributed by atoms with E-state index >= 15 is 0 Å². The number of amides is 1. The van der Waals surface area contributed by atoms with E-state index < -0.39 is 0 Å². The van der Waals surface area contributed by atoms with Crippen LogP contribution in [0.25, 0.3) is 10.8 Å². The lowest BCUT2D eigenvalue weighted by atomic mass is 9.85. The molecule has 25 heavy (non-hydrogen) atoms. The Balaban J connectivity index is 1.95. The Morgan fingerprint density at radius 2 is 1.64 bits per heavy atom. The molecule has 0 spiro atoms. The van der Waals surface area contributed by atoms with Crippen LogP contribution >= 0.6 is 11.6 Å². The van der Waals surface area contributed by atoms with Crippen molar-refractivity contribution in [1.29, 1.82) is 0 Å². The summed E-state index contributed by atoms with van der Waals surface area (Å²) < 4.78 is 0. The van der Waals surface area contributed by atoms with Gasteiger partial charge in [0.1, 0.15) is 0 Å². The molecule has 1 N–H and O–H groups in total. The van der Waals surface area contributed by atoms with Gasteiger partial charge in [-0.25, -0.2) is 0 Å². The number of carbonyl (C=O) groups excluding carboxylic acids is 1. The van der Waals surface area contributed by atoms with Crippen LogP contribution in [0.15, 0.2) is 54.6 Å². The van der Waals surface area contributed by atoms with Gasteiger partial charge < -0.3 is 5.32 Å². The number of rotatable bonds is 2. The molecule has 0 unspecified atom stereocenters. The topological polar surface area (TPSA) is 29.1 Å². The van der Waals surface area contributed by atoms with Crippen LogP contribution < -0.4 is 5.32 Å². The SMILES string of the molecule is Cc1cc(C(C)(C)C)ccc1C(=O)Nc1cccc2c(Cl)cccc12. The lowest BCUT2D eigenvalue weighted by Crippen LogP contribution is -2.16. The predicted octanol–water partition coefficient (Wildman–Crippen LogP) is 6.35. The van der Waals surface area contributed by atoms with Crippen LogP contribution in [0.4, 0.5) is 5.69 Å². The zero-order chi connectivity index (χ0) is 18.2. The molecule has 0 radical (unpaired) electrons. The molecule has 0 aromatic heterocycles. The van der Waals surface area contributed by atoms with Gasteiger partial charge in [-0.05, 0) is 41.7 Å². The van der Waals surface area contributed by atoms with Crippen LogP contribution in [-0.2, 0) is 5.41 Å². The van der Waals surface area contributed by atoms with Crippen molar-refractivity contribution < 1.29 is 4.79 Å². The van der Waals surface area contributed by atoms with Crippen molar-refractivity contribution in [3.05, 3.63) is 76.3 Å². The number of nitrogens with one attached hydrogen (secondary N) is 1. The number of anilines is 1. The van der Waals surface area contributed by atoms with E-state index in [9.17, 15) is 4.79 Å². The monoisotopic (exact) mass is 351 g/mol. The Morgan fingerprint density at radius 3 is 2.32 bits per heavy atom. The third-order valence-corrected chi connectivity index (χ3v) is 4.78. The van der Waals surface area contributed by atoms with E-state index in [1.54, 1.807) is 0 Å². The van der Waals surface area contributed by atoms with Gasteiger partial charge >= 0.3 is 0 Å². The molecule has 3 rings (SSSR count). The molecule has 0 atom stereocenters. The highest BCUT2D eigenvalue weighted by atomic mass is 35.5. The number of aryl methyl sites for hydroxylation is 1. The summed E-state index contributed by atoms with van der Waals surface area (Å²) in [5.41, 5.74) is 3.71. The lowest BCUT2D eigenvalue weighted by molar-refractivity contribution is 0.102. The molecule has 0 bridgehead atoms. The quantitative estimate of drug-likeness (QED) is 0.572. The standard InChI is InChI=1S/C22H22ClNO/c1-14-13-15(22(2,3)4)11-12-16(14)21(25)24-20-10-6-7-17-18(20)8-5-9-19(17)23/h5-13H,1-4H3,(H,24,25). The highest BCUT2D eigenvalue weighted by molar-refractivity contribution is 6.36. The third kappa shape index (κ3) is 3.54. The fourth-order valence-corrected chi connectivity index (χ4v) is 3.19. The maximum absolute atomic E-state index is 12.8. The van der Waals surface area contributed by atoms with E-state index in [1.807, 2.05) is 55.5 Å². The first-order valence-corrected chi connectivity index (χ1v) is 8.75. The van der Waals surface area contributed by atoms with Gasteiger partial charge in [-0.15, -0.1) is 0 Å². The first-order valence-electron chi connectivity index (χ1n) is 8.37. The molecule has 3 heteroatoms. The molecular weight excluding hydrogens is 330 g/mol. The molecular formula is C22H22ClNO. The van der Waals surface area contributed by atoms with E-state index in [4.69, 9.17) is 11.6 Å². The number of fused-ring (bicyclic) bond motifs is 1. The molecule has 0 saturated heterocycles. The van der Waals surface area contributed by atoms with Gasteiger partial charge in [0.25, 0.3) is 5.91 Å². The summed E-state index contributed by atoms with van der Waals surface area (Å²) in [4.78, 5) is 12.8. The van der Waals surface area contributed by atoms with Crippen molar-refractivity contribution in [3.63, 3.8) is 0 Å². The van der Waals surface area contributed by atoms with Crippen molar-refractivity contribution in [3.8, 4) is 0 Å². The minimum atomic E-state index is -0.106. The Bertz CT molecular complexity index is 954. The van der Waals surface area contributed by atoms with E-state index in [2.05, 4.69) is 32.2 Å². The van der Waals surface area contributed by atoms with Gasteiger partial charge in [0.15, 0.2) is 0 Å². The van der Waals surface area contributed by atoms with Crippen LogP contribution in [0.5, 0.6) is 0 Å². The zero-order valence-electron chi connectivity index (χ0n) is 15.0. The number of halogens is 1. The Kier molecular flexibility index (Phi) is 4.57. The fourth-order valence-electron chi connectivity index (χ4n) is 2.96. The Hall–Kier alpha value is -2.32. The van der Waals surface area contributed by atoms with Crippen molar-refractivity contribution in [1.82, 2.24) is 0 Å². The molecule has 0 heterocycles. The highest BCUT2D eigenvalue weighted by Crippen LogP contribution is 2.30. The van der Waals surface area contributed by atoms with Gasteiger partial charge in [-0.2, -0.15) is 0 Å². The van der Waals surface area contributed by atoms with Crippen molar-refractivity contribution in [2.75, 3.05) is 5.32 Å². The second kappa shape index (κ2) is 6.53. The number of carbonyl (C=O) groups is 1. The maximum atomic E-state index is 12.8. The van der Waals surface area contributed by atoms with Crippen LogP contribution in [-0.4, -0.2) is 5.91 Å². The van der Waals surface area contributed by atoms with Crippen LogP contribution in [0.3, 0.4) is 0 Å². The maximum Gasteiger partial charge on any atom is 0.255 e. The summed E-state index contributed by atoms with van der Waals surface area (Å²) in [7, 11) is 0. The Labute approximate surface area is 153 Å². The van der Waals surface area contributed by atoms with Crippen molar-refractivity contribution in [2.24, 2.45) is 0 Å². The molecule has 3 aromatic carbocycles. The normalized spacial score (nSPS) is 11.6. The number of benzene rings is 3. The minimum Gasteiger partial charge on any atom is -0.321 e. The number of hydrogen-bond acceptors (Lipinski definition) is 1. The molecule has 2 nitrogen and oxygen atoms in total. The summed E-state index contributed by atoms with van der Waals surface area (Å²) in [6.07, 6.45) is 0. The van der Waals surface area contributed by atoms with E-state index in [1.165, 1.54) is 5.56 Å². The lowest BCUT2D eigenvalue weighted by Gasteiger charge is -2.20. The first kappa shape index (κ1) is 17.5. The molecule has 0 fully saturated rings. The van der Waals surface area contributed by atoms with Crippen LogP contribution in [0.2, 0.25) is 5.02 Å². The third-order valence-electron chi connectivity index (χ3n) is 4.45. The van der Waals surface area contributed by atoms with Gasteiger partial charge in [0.2, 0.25) is 0 Å². The second-order valence-corrected chi connectivity index (χ2v) is 7.78.